The number of esters is 1. The van der Waals surface area contributed by atoms with Gasteiger partial charge in [-0.2, -0.15) is 5.06 Å². The molecule has 3 aromatic heterocycles. The number of pyridine rings is 1. The van der Waals surface area contributed by atoms with Crippen LogP contribution >= 0.6 is 11.3 Å². The van der Waals surface area contributed by atoms with Crippen LogP contribution in [0.15, 0.2) is 27.6 Å². The Hall–Kier alpha value is -5.70. The van der Waals surface area contributed by atoms with Crippen molar-refractivity contribution in [2.24, 2.45) is 5.16 Å². The molecule has 0 radical (unpaired) electrons. The summed E-state index contributed by atoms with van der Waals surface area (Å²) in [5.41, 5.74) is -0.0411. The molecule has 0 bridgehead atoms. The number of oxime groups is 1. The first-order valence-corrected chi connectivity index (χ1v) is 14.2. The number of carboxylic acid groups (broad SMARTS) is 2. The second-order valence-corrected chi connectivity index (χ2v) is 11.5. The summed E-state index contributed by atoms with van der Waals surface area (Å²) in [7, 11) is 0. The number of carbonyl (C=O) groups is 5. The number of carboxylic acids is 2. The van der Waals surface area contributed by atoms with E-state index < -0.39 is 89.1 Å². The number of carbonyl (C=O) groups excluding carboxylic acids is 3. The van der Waals surface area contributed by atoms with E-state index in [1.165, 1.54) is 12.3 Å². The Morgan fingerprint density at radius 1 is 1.17 bits per heavy atom. The Morgan fingerprint density at radius 3 is 2.50 bits per heavy atom. The number of aromatic nitrogens is 3. The van der Waals surface area contributed by atoms with Gasteiger partial charge in [-0.1, -0.05) is 5.16 Å². The minimum atomic E-state index is -2.77. The summed E-state index contributed by atoms with van der Waals surface area (Å²) >= 11 is 0.941. The number of aryl methyl sites for hydroxylation is 1. The summed E-state index contributed by atoms with van der Waals surface area (Å²) in [5.74, 6) is -7.73. The fourth-order valence-corrected chi connectivity index (χ4v) is 5.66. The largest absolute Gasteiger partial charge is 0.504 e. The van der Waals surface area contributed by atoms with Crippen molar-refractivity contribution in [1.29, 1.82) is 0 Å². The van der Waals surface area contributed by atoms with E-state index in [0.29, 0.717) is 0 Å². The van der Waals surface area contributed by atoms with Crippen LogP contribution in [0, 0.1) is 6.92 Å². The lowest BCUT2D eigenvalue weighted by Gasteiger charge is -2.30. The number of anilines is 1. The number of nitrogens with zero attached hydrogens (tertiary/aromatic N) is 5. The van der Waals surface area contributed by atoms with E-state index in [9.17, 15) is 49.2 Å². The van der Waals surface area contributed by atoms with Crippen LogP contribution in [0.3, 0.4) is 0 Å². The molecule has 6 rings (SSSR count). The number of fused-ring (bicyclic) bond motifs is 1. The van der Waals surface area contributed by atoms with Crippen molar-refractivity contribution in [3.8, 4) is 11.5 Å². The van der Waals surface area contributed by atoms with Crippen LogP contribution in [0.1, 0.15) is 36.7 Å². The number of imidazole rings is 1. The average Bonchev–Trinajstić information content (AvgIpc) is 3.21. The molecule has 2 amide bonds. The van der Waals surface area contributed by atoms with Gasteiger partial charge in [0.1, 0.15) is 24.4 Å². The second kappa shape index (κ2) is 10.4. The van der Waals surface area contributed by atoms with E-state index in [0.717, 1.165) is 32.6 Å². The average molecular weight is 662 g/mol. The zero-order valence-corrected chi connectivity index (χ0v) is 24.2. The number of nitrogen functional groups attached to an aromatic ring is 1. The van der Waals surface area contributed by atoms with Gasteiger partial charge in [0.25, 0.3) is 11.8 Å². The van der Waals surface area contributed by atoms with Crippen molar-refractivity contribution in [3.05, 3.63) is 39.5 Å². The first-order chi connectivity index (χ1) is 21.7. The van der Waals surface area contributed by atoms with Crippen molar-refractivity contribution < 1.29 is 58.8 Å². The second-order valence-electron chi connectivity index (χ2n) is 10.6. The maximum absolute atomic E-state index is 13.4. The van der Waals surface area contributed by atoms with Gasteiger partial charge in [0.15, 0.2) is 22.3 Å². The molecular weight excluding hydrogens is 638 g/mol. The van der Waals surface area contributed by atoms with Gasteiger partial charge in [0.05, 0.1) is 18.1 Å². The molecule has 3 atom stereocenters. The molecular formula is C25H23N7O13S. The number of nitrogens with one attached hydrogen (secondary N) is 1. The molecule has 21 heteroatoms. The van der Waals surface area contributed by atoms with Crippen LogP contribution in [0.5, 0.6) is 11.5 Å². The molecule has 3 aromatic rings. The predicted molar refractivity (Wildman–Crippen MR) is 148 cm³/mol. The lowest BCUT2D eigenvalue weighted by molar-refractivity contribution is -0.256. The summed E-state index contributed by atoms with van der Waals surface area (Å²) in [6.45, 7) is 0.784. The molecule has 46 heavy (non-hydrogen) atoms. The van der Waals surface area contributed by atoms with Gasteiger partial charge in [0, 0.05) is 30.0 Å². The smallest absolute Gasteiger partial charge is 0.372 e. The van der Waals surface area contributed by atoms with Crippen LogP contribution in [-0.4, -0.2) is 98.8 Å². The maximum Gasteiger partial charge on any atom is 0.372 e. The molecule has 1 saturated carbocycles. The topological polar surface area (TPSA) is 287 Å². The quantitative estimate of drug-likeness (QED) is 0.0857. The standard InChI is InChI=1S/C25H23N7O13S/c1-9-12-4-14(33)15(34)6-30(12)23(42)31(9)13-5-25(21(40)41,44-19(13)37)32-18(36)10(7-43-32)27-17(35)16(11-8-46-22(26)28-11)29-45-24(2-3-24)20(38)39/h4,6,8,10,13,33-34H,2-3,5,7H2,1H3,(H2,26,28)(H,27,35)(H,38,39)(H,40,41)/b29-16-/t10-,13?,25?/m0/s1. The van der Waals surface area contributed by atoms with Gasteiger partial charge in [-0.05, 0) is 6.92 Å². The summed E-state index contributed by atoms with van der Waals surface area (Å²) in [5, 5.41) is 46.9. The highest BCUT2D eigenvalue weighted by atomic mass is 32.1. The van der Waals surface area contributed by atoms with Crippen molar-refractivity contribution in [2.75, 3.05) is 12.3 Å². The van der Waals surface area contributed by atoms with E-state index in [-0.39, 0.29) is 39.9 Å². The number of amides is 2. The highest BCUT2D eigenvalue weighted by molar-refractivity contribution is 7.13. The van der Waals surface area contributed by atoms with Gasteiger partial charge in [-0.15, -0.1) is 11.3 Å². The molecule has 0 aromatic carbocycles. The monoisotopic (exact) mass is 661 g/mol. The van der Waals surface area contributed by atoms with Crippen LogP contribution < -0.4 is 16.7 Å². The Kier molecular flexibility index (Phi) is 6.89. The zero-order chi connectivity index (χ0) is 33.3. The molecule has 0 spiro atoms. The molecule has 3 fully saturated rings. The third kappa shape index (κ3) is 4.63. The number of cyclic esters (lactones) is 1. The summed E-state index contributed by atoms with van der Waals surface area (Å²) in [6, 6.07) is -2.07. The van der Waals surface area contributed by atoms with Gasteiger partial charge >= 0.3 is 29.3 Å². The molecule has 2 aliphatic heterocycles. The molecule has 3 aliphatic rings. The normalized spacial score (nSPS) is 23.8. The number of aromatic hydroxyl groups is 2. The van der Waals surface area contributed by atoms with E-state index in [4.69, 9.17) is 20.1 Å². The van der Waals surface area contributed by atoms with Crippen molar-refractivity contribution >= 4 is 57.4 Å². The highest BCUT2D eigenvalue weighted by Gasteiger charge is 2.63. The molecule has 5 heterocycles. The fourth-order valence-electron chi connectivity index (χ4n) is 5.11. The van der Waals surface area contributed by atoms with Crippen molar-refractivity contribution in [2.45, 2.75) is 49.6 Å². The number of hydroxylamine groups is 2. The molecule has 7 N–H and O–H groups in total. The Labute approximate surface area is 258 Å². The predicted octanol–water partition coefficient (Wildman–Crippen LogP) is -1.58. The van der Waals surface area contributed by atoms with Gasteiger partial charge in [-0.3, -0.25) is 23.4 Å². The third-order valence-electron chi connectivity index (χ3n) is 7.74. The lowest BCUT2D eigenvalue weighted by Crippen LogP contribution is -2.57. The van der Waals surface area contributed by atoms with Crippen molar-refractivity contribution in [3.63, 3.8) is 0 Å². The minimum Gasteiger partial charge on any atom is -0.504 e. The van der Waals surface area contributed by atoms with E-state index in [2.05, 4.69) is 15.5 Å². The summed E-state index contributed by atoms with van der Waals surface area (Å²) in [6.07, 6.45) is 0.378. The zero-order valence-electron chi connectivity index (χ0n) is 23.4. The highest BCUT2D eigenvalue weighted by Crippen LogP contribution is 2.41. The number of rotatable bonds is 9. The van der Waals surface area contributed by atoms with Gasteiger partial charge in [-0.25, -0.2) is 24.2 Å². The van der Waals surface area contributed by atoms with Crippen LogP contribution in [-0.2, 0) is 38.4 Å². The molecule has 20 nitrogen and oxygen atoms in total. The number of hydrogen-bond donors (Lipinski definition) is 6. The maximum atomic E-state index is 13.4. The number of nitrogens with two attached hydrogens (primary N) is 1. The SMILES string of the molecule is Cc1c2cc(O)c(O)cn2c(=O)n1C1CC(C(=O)O)(N2OC[C@H](NC(=O)/C(=N\OC3(C(=O)O)CC3)c3csc(N)n3)C2=O)OC1=O. The molecule has 2 unspecified atom stereocenters. The number of thiazole rings is 1. The van der Waals surface area contributed by atoms with Gasteiger partial charge < -0.3 is 41.1 Å². The Balaban J connectivity index is 1.26. The lowest BCUT2D eigenvalue weighted by atomic mass is 10.1. The number of ether oxygens (including phenoxy) is 1. The fraction of sp³-hybridized carbons (Fsp3) is 0.360. The van der Waals surface area contributed by atoms with Crippen molar-refractivity contribution in [1.82, 2.24) is 24.3 Å². The Morgan fingerprint density at radius 2 is 1.89 bits per heavy atom. The Bertz CT molecular complexity index is 1940. The molecule has 1 aliphatic carbocycles. The number of aliphatic carboxylic acids is 2. The van der Waals surface area contributed by atoms with Crippen LogP contribution in [0.25, 0.3) is 5.52 Å². The summed E-state index contributed by atoms with van der Waals surface area (Å²) < 4.78 is 7.03. The van der Waals surface area contributed by atoms with Crippen LogP contribution in [0.4, 0.5) is 5.13 Å². The molecule has 242 valence electrons. The molecule has 2 saturated heterocycles. The number of hydrogen-bond acceptors (Lipinski definition) is 15. The van der Waals surface area contributed by atoms with E-state index in [1.807, 2.05) is 0 Å². The van der Waals surface area contributed by atoms with Gasteiger partial charge in [0.2, 0.25) is 5.60 Å². The first-order valence-electron chi connectivity index (χ1n) is 13.3. The minimum absolute atomic E-state index is 0.0430. The first kappa shape index (κ1) is 30.3. The van der Waals surface area contributed by atoms with Crippen LogP contribution in [0.2, 0.25) is 0 Å². The third-order valence-corrected chi connectivity index (χ3v) is 8.41. The summed E-state index contributed by atoms with van der Waals surface area (Å²) in [4.78, 5) is 91.4. The van der Waals surface area contributed by atoms with E-state index >= 15 is 0 Å². The van der Waals surface area contributed by atoms with E-state index in [1.54, 1.807) is 0 Å².